The van der Waals surface area contributed by atoms with Gasteiger partial charge in [-0.3, -0.25) is 14.5 Å². The number of anilines is 1. The second kappa shape index (κ2) is 8.34. The number of hydrogen-bond donors (Lipinski definition) is 3. The van der Waals surface area contributed by atoms with Crippen molar-refractivity contribution in [2.24, 2.45) is 0 Å². The summed E-state index contributed by atoms with van der Waals surface area (Å²) in [5.41, 5.74) is 5.26. The number of amides is 4. The topological polar surface area (TPSA) is 107 Å². The van der Waals surface area contributed by atoms with Gasteiger partial charge in [-0.15, -0.1) is 0 Å². The molecule has 4 aromatic rings. The summed E-state index contributed by atoms with van der Waals surface area (Å²) in [6, 6.07) is 20.5. The molecule has 3 N–H and O–H groups in total. The average Bonchev–Trinajstić information content (AvgIpc) is 3.39. The first-order valence-corrected chi connectivity index (χ1v) is 12.0. The van der Waals surface area contributed by atoms with Crippen LogP contribution in [0.5, 0.6) is 0 Å². The standard InChI is InChI=1S/C28H25N5O3/c1-17-8-13-22-23(15-17)31-25(30-22)19-9-11-20(12-10-19)29-24(34)16-33-26(35)28(32-27(33)36)14-4-6-18-5-2-3-7-21(18)28/h2-3,5,7-13,15H,4,6,14,16H2,1H3,(H,29,34)(H,30,31)(H,32,36). The van der Waals surface area contributed by atoms with Gasteiger partial charge in [-0.1, -0.05) is 30.3 Å². The molecule has 8 heteroatoms. The molecule has 36 heavy (non-hydrogen) atoms. The summed E-state index contributed by atoms with van der Waals surface area (Å²) < 4.78 is 0. The maximum absolute atomic E-state index is 13.4. The van der Waals surface area contributed by atoms with Gasteiger partial charge in [-0.2, -0.15) is 0 Å². The minimum absolute atomic E-state index is 0.348. The molecule has 8 nitrogen and oxygen atoms in total. The first kappa shape index (κ1) is 22.0. The molecule has 0 saturated carbocycles. The van der Waals surface area contributed by atoms with E-state index in [9.17, 15) is 14.4 Å². The number of aromatic nitrogens is 2. The second-order valence-electron chi connectivity index (χ2n) is 9.47. The van der Waals surface area contributed by atoms with Crippen molar-refractivity contribution in [1.82, 2.24) is 20.2 Å². The van der Waals surface area contributed by atoms with E-state index in [-0.39, 0.29) is 12.5 Å². The van der Waals surface area contributed by atoms with Crippen LogP contribution < -0.4 is 10.6 Å². The predicted octanol–water partition coefficient (Wildman–Crippen LogP) is 4.26. The summed E-state index contributed by atoms with van der Waals surface area (Å²) in [5.74, 6) is -0.0669. The molecule has 2 aliphatic rings. The third kappa shape index (κ3) is 3.62. The van der Waals surface area contributed by atoms with Gasteiger partial charge in [0.1, 0.15) is 17.9 Å². The number of carbonyl (C=O) groups is 3. The van der Waals surface area contributed by atoms with Crippen LogP contribution in [0, 0.1) is 6.92 Å². The van der Waals surface area contributed by atoms with Gasteiger partial charge >= 0.3 is 6.03 Å². The Bertz CT molecular complexity index is 1520. The van der Waals surface area contributed by atoms with Crippen LogP contribution >= 0.6 is 0 Å². The molecule has 1 aromatic heterocycles. The van der Waals surface area contributed by atoms with E-state index in [1.165, 1.54) is 0 Å². The zero-order valence-corrected chi connectivity index (χ0v) is 19.8. The molecule has 0 radical (unpaired) electrons. The Morgan fingerprint density at radius 2 is 1.89 bits per heavy atom. The van der Waals surface area contributed by atoms with Crippen molar-refractivity contribution >= 4 is 34.6 Å². The minimum atomic E-state index is -1.08. The Kier molecular flexibility index (Phi) is 5.10. The van der Waals surface area contributed by atoms with Gasteiger partial charge in [0.2, 0.25) is 5.91 Å². The number of hydrogen-bond acceptors (Lipinski definition) is 4. The summed E-state index contributed by atoms with van der Waals surface area (Å²) in [5, 5.41) is 5.67. The van der Waals surface area contributed by atoms with Crippen molar-refractivity contribution in [1.29, 1.82) is 0 Å². The maximum atomic E-state index is 13.4. The van der Waals surface area contributed by atoms with E-state index >= 15 is 0 Å². The number of imidazole rings is 1. The van der Waals surface area contributed by atoms with Crippen LogP contribution in [0.1, 0.15) is 29.5 Å². The molecule has 0 bridgehead atoms. The van der Waals surface area contributed by atoms with Crippen LogP contribution in [0.15, 0.2) is 66.7 Å². The van der Waals surface area contributed by atoms with E-state index < -0.39 is 17.5 Å². The summed E-state index contributed by atoms with van der Waals surface area (Å²) in [6.45, 7) is 1.68. The van der Waals surface area contributed by atoms with Crippen molar-refractivity contribution in [3.8, 4) is 11.4 Å². The number of H-pyrrole nitrogens is 1. The number of urea groups is 1. The Hall–Kier alpha value is -4.46. The summed E-state index contributed by atoms with van der Waals surface area (Å²) in [4.78, 5) is 47.9. The molecule has 2 heterocycles. The molecule has 4 amide bonds. The monoisotopic (exact) mass is 479 g/mol. The molecule has 1 aliphatic carbocycles. The summed E-state index contributed by atoms with van der Waals surface area (Å²) >= 11 is 0. The molecule has 180 valence electrons. The third-order valence-electron chi connectivity index (χ3n) is 7.03. The molecule has 3 aromatic carbocycles. The van der Waals surface area contributed by atoms with Crippen LogP contribution in [0.2, 0.25) is 0 Å². The number of benzene rings is 3. The zero-order valence-electron chi connectivity index (χ0n) is 19.8. The quantitative estimate of drug-likeness (QED) is 0.380. The van der Waals surface area contributed by atoms with Gasteiger partial charge in [0, 0.05) is 11.3 Å². The highest BCUT2D eigenvalue weighted by Gasteiger charge is 2.54. The van der Waals surface area contributed by atoms with E-state index in [4.69, 9.17) is 0 Å². The Morgan fingerprint density at radius 3 is 2.72 bits per heavy atom. The highest BCUT2D eigenvalue weighted by atomic mass is 16.2. The number of nitrogens with one attached hydrogen (secondary N) is 3. The minimum Gasteiger partial charge on any atom is -0.338 e. The molecule has 6 rings (SSSR count). The molecule has 1 unspecified atom stereocenters. The highest BCUT2D eigenvalue weighted by molar-refractivity contribution is 6.10. The van der Waals surface area contributed by atoms with E-state index in [1.54, 1.807) is 12.1 Å². The SMILES string of the molecule is Cc1ccc2nc(-c3ccc(NC(=O)CN4C(=O)NC5(CCCc6ccccc65)C4=O)cc3)[nH]c2c1. The van der Waals surface area contributed by atoms with Crippen molar-refractivity contribution in [2.75, 3.05) is 11.9 Å². The number of fused-ring (bicyclic) bond motifs is 3. The lowest BCUT2D eigenvalue weighted by atomic mass is 9.76. The number of rotatable bonds is 4. The molecule has 1 fully saturated rings. The fourth-order valence-electron chi connectivity index (χ4n) is 5.27. The van der Waals surface area contributed by atoms with Crippen molar-refractivity contribution in [3.05, 3.63) is 83.4 Å². The van der Waals surface area contributed by atoms with Crippen molar-refractivity contribution in [2.45, 2.75) is 31.7 Å². The first-order chi connectivity index (χ1) is 17.4. The molecule has 1 aliphatic heterocycles. The molecular weight excluding hydrogens is 454 g/mol. The van der Waals surface area contributed by atoms with Gasteiger partial charge in [0.05, 0.1) is 11.0 Å². The Balaban J connectivity index is 1.15. The van der Waals surface area contributed by atoms with Gasteiger partial charge in [0.15, 0.2) is 0 Å². The summed E-state index contributed by atoms with van der Waals surface area (Å²) in [6.07, 6.45) is 2.18. The van der Waals surface area contributed by atoms with Gasteiger partial charge in [-0.05, 0) is 79.3 Å². The largest absolute Gasteiger partial charge is 0.338 e. The Morgan fingerprint density at radius 1 is 1.08 bits per heavy atom. The smallest absolute Gasteiger partial charge is 0.325 e. The van der Waals surface area contributed by atoms with E-state index in [1.807, 2.05) is 61.5 Å². The van der Waals surface area contributed by atoms with Gasteiger partial charge < -0.3 is 15.6 Å². The normalized spacial score (nSPS) is 19.0. The summed E-state index contributed by atoms with van der Waals surface area (Å²) in [7, 11) is 0. The van der Waals surface area contributed by atoms with E-state index in [0.29, 0.717) is 12.1 Å². The number of aryl methyl sites for hydroxylation is 2. The zero-order chi connectivity index (χ0) is 24.9. The fourth-order valence-corrected chi connectivity index (χ4v) is 5.27. The molecular formula is C28H25N5O3. The van der Waals surface area contributed by atoms with Gasteiger partial charge in [-0.25, -0.2) is 9.78 Å². The number of nitrogens with zero attached hydrogens (tertiary/aromatic N) is 2. The van der Waals surface area contributed by atoms with Crippen molar-refractivity contribution < 1.29 is 14.4 Å². The first-order valence-electron chi connectivity index (χ1n) is 12.0. The predicted molar refractivity (Wildman–Crippen MR) is 136 cm³/mol. The highest BCUT2D eigenvalue weighted by Crippen LogP contribution is 2.39. The number of aromatic amines is 1. The lowest BCUT2D eigenvalue weighted by molar-refractivity contribution is -0.134. The van der Waals surface area contributed by atoms with Crippen LogP contribution in [-0.4, -0.2) is 39.3 Å². The number of carbonyl (C=O) groups excluding carboxylic acids is 3. The maximum Gasteiger partial charge on any atom is 0.325 e. The van der Waals surface area contributed by atoms with E-state index in [0.717, 1.165) is 56.9 Å². The Labute approximate surface area is 207 Å². The molecule has 1 spiro atoms. The lowest BCUT2D eigenvalue weighted by Crippen LogP contribution is -2.47. The molecule has 1 atom stereocenters. The number of imide groups is 1. The second-order valence-corrected chi connectivity index (χ2v) is 9.47. The fraction of sp³-hybridized carbons (Fsp3) is 0.214. The van der Waals surface area contributed by atoms with E-state index in [2.05, 4.69) is 20.6 Å². The van der Waals surface area contributed by atoms with Crippen molar-refractivity contribution in [3.63, 3.8) is 0 Å². The van der Waals surface area contributed by atoms with Gasteiger partial charge in [0.25, 0.3) is 5.91 Å². The molecule has 1 saturated heterocycles. The average molecular weight is 480 g/mol. The lowest BCUT2D eigenvalue weighted by Gasteiger charge is -2.33. The van der Waals surface area contributed by atoms with Crippen LogP contribution in [0.3, 0.4) is 0 Å². The van der Waals surface area contributed by atoms with Crippen LogP contribution in [-0.2, 0) is 21.5 Å². The van der Waals surface area contributed by atoms with Crippen LogP contribution in [0.4, 0.5) is 10.5 Å². The van der Waals surface area contributed by atoms with Crippen LogP contribution in [0.25, 0.3) is 22.4 Å². The third-order valence-corrected chi connectivity index (χ3v) is 7.03.